The van der Waals surface area contributed by atoms with E-state index in [2.05, 4.69) is 5.32 Å². The molecular weight excluding hydrogens is 214 g/mol. The van der Waals surface area contributed by atoms with E-state index in [1.165, 1.54) is 0 Å². The first-order valence-electron chi connectivity index (χ1n) is 4.83. The molecule has 16 heavy (non-hydrogen) atoms. The van der Waals surface area contributed by atoms with Crippen LogP contribution in [0, 0.1) is 0 Å². The lowest BCUT2D eigenvalue weighted by atomic mass is 10.1. The Morgan fingerprint density at radius 1 is 1.44 bits per heavy atom. The number of carbonyl (C=O) groups excluding carboxylic acids is 2. The van der Waals surface area contributed by atoms with Crippen LogP contribution in [-0.4, -0.2) is 35.1 Å². The van der Waals surface area contributed by atoms with E-state index in [9.17, 15) is 14.4 Å². The number of hydrogen-bond acceptors (Lipinski definition) is 4. The van der Waals surface area contributed by atoms with Crippen molar-refractivity contribution in [2.45, 2.75) is 45.3 Å². The third-order valence-corrected chi connectivity index (χ3v) is 1.52. The Kier molecular flexibility index (Phi) is 5.49. The number of carbonyl (C=O) groups is 2. The first kappa shape index (κ1) is 14.4. The Bertz CT molecular complexity index is 269. The molecule has 0 bridgehead atoms. The molecule has 1 radical (unpaired) electrons. The monoisotopic (exact) mass is 230 g/mol. The first-order chi connectivity index (χ1) is 7.26. The molecule has 0 rings (SSSR count). The van der Waals surface area contributed by atoms with Crippen LogP contribution in [0.2, 0.25) is 0 Å². The van der Waals surface area contributed by atoms with Crippen molar-refractivity contribution in [3.8, 4) is 0 Å². The molecule has 0 spiro atoms. The minimum atomic E-state index is -1.21. The normalized spacial score (nSPS) is 12.7. The van der Waals surface area contributed by atoms with Gasteiger partial charge in [0.2, 0.25) is 0 Å². The van der Waals surface area contributed by atoms with Gasteiger partial charge in [-0.1, -0.05) is 0 Å². The van der Waals surface area contributed by atoms with Crippen LogP contribution in [0.15, 0.2) is 0 Å². The van der Waals surface area contributed by atoms with Crippen molar-refractivity contribution in [2.24, 2.45) is 0 Å². The average Bonchev–Trinajstić information content (AvgIpc) is 2.08. The summed E-state index contributed by atoms with van der Waals surface area (Å²) in [5, 5.41) is 10.9. The topological polar surface area (TPSA) is 92.7 Å². The maximum Gasteiger partial charge on any atom is 0.408 e. The number of ether oxygens (including phenoxy) is 1. The molecule has 0 fully saturated rings. The predicted octanol–water partition coefficient (Wildman–Crippen LogP) is 0.854. The number of amides is 1. The Balaban J connectivity index is 4.23. The number of rotatable bonds is 5. The summed E-state index contributed by atoms with van der Waals surface area (Å²) in [6.45, 7) is 5.00. The summed E-state index contributed by atoms with van der Waals surface area (Å²) in [6.07, 6.45) is 0.704. The van der Waals surface area contributed by atoms with Crippen LogP contribution in [0.4, 0.5) is 4.79 Å². The Hall–Kier alpha value is -1.59. The number of nitrogens with one attached hydrogen (secondary N) is 1. The summed E-state index contributed by atoms with van der Waals surface area (Å²) in [7, 11) is 0. The first-order valence-corrected chi connectivity index (χ1v) is 4.83. The fourth-order valence-electron chi connectivity index (χ4n) is 0.910. The lowest BCUT2D eigenvalue weighted by molar-refractivity contribution is -0.139. The van der Waals surface area contributed by atoms with Gasteiger partial charge >= 0.3 is 12.1 Å². The summed E-state index contributed by atoms with van der Waals surface area (Å²) in [6, 6.07) is -1.13. The molecule has 0 aromatic carbocycles. The molecule has 0 aliphatic heterocycles. The van der Waals surface area contributed by atoms with Crippen LogP contribution in [0.25, 0.3) is 0 Å². The molecule has 1 atom stereocenters. The van der Waals surface area contributed by atoms with Crippen molar-refractivity contribution in [1.29, 1.82) is 0 Å². The molecule has 2 N–H and O–H groups in total. The third-order valence-electron chi connectivity index (χ3n) is 1.52. The van der Waals surface area contributed by atoms with Crippen molar-refractivity contribution >= 4 is 18.3 Å². The molecule has 0 aromatic heterocycles. The summed E-state index contributed by atoms with van der Waals surface area (Å²) in [4.78, 5) is 31.9. The summed E-state index contributed by atoms with van der Waals surface area (Å²) in [5.41, 5.74) is -0.691. The molecule has 0 saturated heterocycles. The van der Waals surface area contributed by atoms with Gasteiger partial charge in [-0.2, -0.15) is 0 Å². The minimum Gasteiger partial charge on any atom is -0.480 e. The van der Waals surface area contributed by atoms with Gasteiger partial charge in [0.05, 0.1) is 0 Å². The lowest BCUT2D eigenvalue weighted by Gasteiger charge is -2.21. The fraction of sp³-hybridized carbons (Fsp3) is 0.700. The highest BCUT2D eigenvalue weighted by Gasteiger charge is 2.23. The van der Waals surface area contributed by atoms with Crippen molar-refractivity contribution in [3.63, 3.8) is 0 Å². The molecule has 0 aromatic rings. The van der Waals surface area contributed by atoms with Gasteiger partial charge < -0.3 is 15.2 Å². The third kappa shape index (κ3) is 6.80. The summed E-state index contributed by atoms with van der Waals surface area (Å²) < 4.78 is 4.89. The number of carboxylic acids is 1. The molecule has 0 heterocycles. The maximum absolute atomic E-state index is 11.2. The van der Waals surface area contributed by atoms with Crippen LogP contribution < -0.4 is 5.32 Å². The Morgan fingerprint density at radius 3 is 2.38 bits per heavy atom. The van der Waals surface area contributed by atoms with Crippen LogP contribution in [-0.2, 0) is 14.3 Å². The van der Waals surface area contributed by atoms with Crippen molar-refractivity contribution in [2.75, 3.05) is 0 Å². The molecular formula is C10H16NO5. The molecule has 0 aliphatic rings. The second-order valence-electron chi connectivity index (χ2n) is 4.22. The summed E-state index contributed by atoms with van der Waals surface area (Å²) >= 11 is 0. The van der Waals surface area contributed by atoms with E-state index < -0.39 is 23.7 Å². The SMILES string of the molecule is CC(C)(C)OC(=O)N[C@H](CC[C]=O)C(=O)O. The molecule has 0 saturated carbocycles. The highest BCUT2D eigenvalue weighted by molar-refractivity contribution is 5.80. The van der Waals surface area contributed by atoms with E-state index in [0.29, 0.717) is 0 Å². The van der Waals surface area contributed by atoms with E-state index in [4.69, 9.17) is 9.84 Å². The van der Waals surface area contributed by atoms with E-state index in [0.717, 1.165) is 0 Å². The average molecular weight is 230 g/mol. The van der Waals surface area contributed by atoms with Crippen molar-refractivity contribution < 1.29 is 24.2 Å². The van der Waals surface area contributed by atoms with Crippen LogP contribution in [0.1, 0.15) is 33.6 Å². The summed E-state index contributed by atoms with van der Waals surface area (Å²) in [5.74, 6) is -1.21. The van der Waals surface area contributed by atoms with Gasteiger partial charge in [-0.25, -0.2) is 9.59 Å². The number of carboxylic acid groups (broad SMARTS) is 1. The molecule has 1 amide bonds. The fourth-order valence-corrected chi connectivity index (χ4v) is 0.910. The highest BCUT2D eigenvalue weighted by atomic mass is 16.6. The zero-order valence-corrected chi connectivity index (χ0v) is 9.57. The minimum absolute atomic E-state index is 0.00191. The van der Waals surface area contributed by atoms with Crippen molar-refractivity contribution in [3.05, 3.63) is 0 Å². The van der Waals surface area contributed by atoms with Gasteiger partial charge in [0.1, 0.15) is 11.6 Å². The van der Waals surface area contributed by atoms with E-state index in [1.54, 1.807) is 27.1 Å². The second kappa shape index (κ2) is 6.09. The number of alkyl carbamates (subject to hydrolysis) is 1. The van der Waals surface area contributed by atoms with Crippen LogP contribution >= 0.6 is 0 Å². The molecule has 91 valence electrons. The number of hydrogen-bond donors (Lipinski definition) is 2. The van der Waals surface area contributed by atoms with Gasteiger partial charge in [-0.3, -0.25) is 4.79 Å². The Morgan fingerprint density at radius 2 is 2.00 bits per heavy atom. The van der Waals surface area contributed by atoms with E-state index >= 15 is 0 Å². The lowest BCUT2D eigenvalue weighted by Crippen LogP contribution is -2.43. The van der Waals surface area contributed by atoms with Gasteiger partial charge in [0.15, 0.2) is 6.29 Å². The van der Waals surface area contributed by atoms with Crippen LogP contribution in [0.3, 0.4) is 0 Å². The van der Waals surface area contributed by atoms with Gasteiger partial charge in [0.25, 0.3) is 0 Å². The van der Waals surface area contributed by atoms with Gasteiger partial charge in [0, 0.05) is 6.42 Å². The van der Waals surface area contributed by atoms with Gasteiger partial charge in [-0.05, 0) is 27.2 Å². The molecule has 6 heteroatoms. The predicted molar refractivity (Wildman–Crippen MR) is 55.7 cm³/mol. The Labute approximate surface area is 94.0 Å². The van der Waals surface area contributed by atoms with Gasteiger partial charge in [-0.15, -0.1) is 0 Å². The maximum atomic E-state index is 11.2. The largest absolute Gasteiger partial charge is 0.480 e. The number of aliphatic carboxylic acids is 1. The van der Waals surface area contributed by atoms with Crippen molar-refractivity contribution in [1.82, 2.24) is 5.32 Å². The van der Waals surface area contributed by atoms with Crippen LogP contribution in [0.5, 0.6) is 0 Å². The molecule has 0 unspecified atom stereocenters. The highest BCUT2D eigenvalue weighted by Crippen LogP contribution is 2.07. The standard InChI is InChI=1S/C10H16NO5/c1-10(2,3)16-9(15)11-7(8(13)14)5-4-6-12/h7H,4-5H2,1-3H3,(H,11,15)(H,13,14)/t7-/m1/s1. The molecule has 0 aliphatic carbocycles. The van der Waals surface area contributed by atoms with E-state index in [1.807, 2.05) is 0 Å². The molecule has 6 nitrogen and oxygen atoms in total. The quantitative estimate of drug-likeness (QED) is 0.730. The zero-order valence-electron chi connectivity index (χ0n) is 9.57. The zero-order chi connectivity index (χ0) is 12.8. The van der Waals surface area contributed by atoms with E-state index in [-0.39, 0.29) is 12.8 Å². The second-order valence-corrected chi connectivity index (χ2v) is 4.22. The smallest absolute Gasteiger partial charge is 0.408 e.